The molecule has 0 radical (unpaired) electrons. The molecule has 0 saturated carbocycles. The molecule has 1 aromatic carbocycles. The summed E-state index contributed by atoms with van der Waals surface area (Å²) in [6, 6.07) is 6.65. The Labute approximate surface area is 181 Å². The Balaban J connectivity index is 2.76. The van der Waals surface area contributed by atoms with Crippen LogP contribution in [0, 0.1) is 5.92 Å². The first-order chi connectivity index (χ1) is 13.9. The van der Waals surface area contributed by atoms with Gasteiger partial charge < -0.3 is 9.47 Å². The molecule has 1 aromatic rings. The molecule has 2 atom stereocenters. The maximum Gasteiger partial charge on any atom is 0.339 e. The van der Waals surface area contributed by atoms with E-state index in [1.165, 1.54) is 0 Å². The Hall–Kier alpha value is -1.55. The molecule has 4 nitrogen and oxygen atoms in total. The first kappa shape index (κ1) is 25.5. The third kappa shape index (κ3) is 8.77. The molecule has 0 N–H and O–H groups in total. The zero-order valence-corrected chi connectivity index (χ0v) is 19.2. The molecule has 0 bridgehead atoms. The first-order valence-electron chi connectivity index (χ1n) is 11.0. The van der Waals surface area contributed by atoms with E-state index in [2.05, 4.69) is 20.8 Å². The Bertz CT molecular complexity index is 631. The molecule has 0 fully saturated rings. The highest BCUT2D eigenvalue weighted by Gasteiger charge is 2.28. The molecule has 0 saturated heterocycles. The van der Waals surface area contributed by atoms with Gasteiger partial charge in [-0.25, -0.2) is 9.59 Å². The molecule has 0 aliphatic carbocycles. The van der Waals surface area contributed by atoms with Gasteiger partial charge in [0.2, 0.25) is 0 Å². The van der Waals surface area contributed by atoms with E-state index in [1.54, 1.807) is 24.3 Å². The third-order valence-electron chi connectivity index (χ3n) is 5.43. The quantitative estimate of drug-likeness (QED) is 0.243. The van der Waals surface area contributed by atoms with Crippen LogP contribution in [0.5, 0.6) is 0 Å². The number of unbranched alkanes of at least 4 members (excludes halogenated alkanes) is 2. The van der Waals surface area contributed by atoms with Crippen molar-refractivity contribution in [1.82, 2.24) is 0 Å². The lowest BCUT2D eigenvalue weighted by Crippen LogP contribution is -2.29. The molecule has 164 valence electrons. The second kappa shape index (κ2) is 13.6. The Morgan fingerprint density at radius 1 is 0.966 bits per heavy atom. The van der Waals surface area contributed by atoms with Crippen LogP contribution >= 0.6 is 11.6 Å². The summed E-state index contributed by atoms with van der Waals surface area (Å²) in [5, 5.41) is 0. The number of alkyl halides is 1. The van der Waals surface area contributed by atoms with Crippen molar-refractivity contribution in [2.75, 3.05) is 13.2 Å². The van der Waals surface area contributed by atoms with E-state index in [4.69, 9.17) is 21.1 Å². The molecular weight excluding hydrogens is 388 g/mol. The highest BCUT2D eigenvalue weighted by Crippen LogP contribution is 2.27. The van der Waals surface area contributed by atoms with Crippen LogP contribution in [0.15, 0.2) is 24.3 Å². The minimum Gasteiger partial charge on any atom is -0.462 e. The van der Waals surface area contributed by atoms with Crippen LogP contribution in [0.3, 0.4) is 0 Å². The number of rotatable bonds is 14. The van der Waals surface area contributed by atoms with Crippen molar-refractivity contribution >= 4 is 23.5 Å². The topological polar surface area (TPSA) is 52.6 Å². The summed E-state index contributed by atoms with van der Waals surface area (Å²) in [6.45, 7) is 8.84. The molecule has 1 rings (SSSR count). The summed E-state index contributed by atoms with van der Waals surface area (Å²) in [6.07, 6.45) is 7.75. The van der Waals surface area contributed by atoms with Crippen molar-refractivity contribution in [3.05, 3.63) is 35.4 Å². The smallest absolute Gasteiger partial charge is 0.339 e. The fourth-order valence-corrected chi connectivity index (χ4v) is 3.31. The summed E-state index contributed by atoms with van der Waals surface area (Å²) in [5.41, 5.74) is 0.470. The van der Waals surface area contributed by atoms with Crippen LogP contribution in [0.1, 0.15) is 99.8 Å². The minimum absolute atomic E-state index is 0.127. The fourth-order valence-electron chi connectivity index (χ4n) is 3.13. The van der Waals surface area contributed by atoms with Crippen LogP contribution in [0.2, 0.25) is 0 Å². The van der Waals surface area contributed by atoms with Gasteiger partial charge >= 0.3 is 11.9 Å². The summed E-state index contributed by atoms with van der Waals surface area (Å²) in [7, 11) is 0. The predicted octanol–water partition coefficient (Wildman–Crippen LogP) is 6.79. The van der Waals surface area contributed by atoms with Crippen molar-refractivity contribution in [2.45, 2.75) is 83.9 Å². The summed E-state index contributed by atoms with van der Waals surface area (Å²) >= 11 is 6.61. The van der Waals surface area contributed by atoms with Gasteiger partial charge in [0.15, 0.2) is 0 Å². The largest absolute Gasteiger partial charge is 0.462 e. The third-order valence-corrected chi connectivity index (χ3v) is 6.00. The number of ether oxygens (including phenoxy) is 2. The van der Waals surface area contributed by atoms with E-state index in [0.717, 1.165) is 44.9 Å². The van der Waals surface area contributed by atoms with Crippen LogP contribution in [0.25, 0.3) is 0 Å². The van der Waals surface area contributed by atoms with Crippen molar-refractivity contribution in [3.8, 4) is 0 Å². The van der Waals surface area contributed by atoms with E-state index in [1.807, 2.05) is 6.92 Å². The Kier molecular flexibility index (Phi) is 12.0. The highest BCUT2D eigenvalue weighted by atomic mass is 35.5. The lowest BCUT2D eigenvalue weighted by atomic mass is 9.99. The molecule has 0 aliphatic heterocycles. The standard InChI is InChI=1S/C24H37ClO4/c1-5-9-13-19(7-3)17-28-22(26)20-14-11-12-15-21(20)23(27)29-18-24(25,8-4)16-10-6-2/h11-12,14-15,19H,5-10,13,16-18H2,1-4H3. The van der Waals surface area contributed by atoms with E-state index in [-0.39, 0.29) is 17.7 Å². The van der Waals surface area contributed by atoms with Gasteiger partial charge in [0.1, 0.15) is 6.61 Å². The molecule has 2 unspecified atom stereocenters. The maximum atomic E-state index is 12.7. The van der Waals surface area contributed by atoms with Crippen LogP contribution in [0.4, 0.5) is 0 Å². The molecule has 0 amide bonds. The molecular formula is C24H37ClO4. The SMILES string of the molecule is CCCCC(CC)COC(=O)c1ccccc1C(=O)OCC(Cl)(CC)CCCC. The van der Waals surface area contributed by atoms with Crippen LogP contribution in [-0.2, 0) is 9.47 Å². The molecule has 0 spiro atoms. The lowest BCUT2D eigenvalue weighted by molar-refractivity contribution is 0.0391. The van der Waals surface area contributed by atoms with E-state index < -0.39 is 16.8 Å². The molecule has 0 aromatic heterocycles. The summed E-state index contributed by atoms with van der Waals surface area (Å²) < 4.78 is 11.0. The lowest BCUT2D eigenvalue weighted by Gasteiger charge is -2.25. The summed E-state index contributed by atoms with van der Waals surface area (Å²) in [5.74, 6) is -0.672. The molecule has 0 heterocycles. The van der Waals surface area contributed by atoms with Gasteiger partial charge in [-0.2, -0.15) is 0 Å². The highest BCUT2D eigenvalue weighted by molar-refractivity contribution is 6.24. The van der Waals surface area contributed by atoms with Gasteiger partial charge in [0.05, 0.1) is 22.6 Å². The second-order valence-corrected chi connectivity index (χ2v) is 8.55. The van der Waals surface area contributed by atoms with Gasteiger partial charge in [0, 0.05) is 0 Å². The monoisotopic (exact) mass is 424 g/mol. The van der Waals surface area contributed by atoms with Crippen molar-refractivity contribution < 1.29 is 19.1 Å². The normalized spacial score (nSPS) is 14.1. The molecule has 0 aliphatic rings. The number of benzene rings is 1. The zero-order chi connectivity index (χ0) is 21.7. The van der Waals surface area contributed by atoms with E-state index >= 15 is 0 Å². The average molecular weight is 425 g/mol. The van der Waals surface area contributed by atoms with Gasteiger partial charge in [-0.1, -0.05) is 71.9 Å². The number of halogens is 1. The van der Waals surface area contributed by atoms with Crippen molar-refractivity contribution in [2.24, 2.45) is 5.92 Å². The number of hydrogen-bond acceptors (Lipinski definition) is 4. The van der Waals surface area contributed by atoms with Crippen LogP contribution < -0.4 is 0 Å². The van der Waals surface area contributed by atoms with Gasteiger partial charge in [-0.15, -0.1) is 11.6 Å². The first-order valence-corrected chi connectivity index (χ1v) is 11.4. The maximum absolute atomic E-state index is 12.7. The number of carbonyl (C=O) groups excluding carboxylic acids is 2. The van der Waals surface area contributed by atoms with Crippen LogP contribution in [-0.4, -0.2) is 30.0 Å². The Morgan fingerprint density at radius 2 is 1.55 bits per heavy atom. The van der Waals surface area contributed by atoms with Crippen molar-refractivity contribution in [1.29, 1.82) is 0 Å². The molecule has 5 heteroatoms. The fraction of sp³-hybridized carbons (Fsp3) is 0.667. The van der Waals surface area contributed by atoms with Gasteiger partial charge in [0.25, 0.3) is 0 Å². The second-order valence-electron chi connectivity index (χ2n) is 7.74. The Morgan fingerprint density at radius 3 is 2.07 bits per heavy atom. The number of esters is 2. The van der Waals surface area contributed by atoms with Gasteiger partial charge in [-0.05, 0) is 37.3 Å². The van der Waals surface area contributed by atoms with Crippen molar-refractivity contribution in [3.63, 3.8) is 0 Å². The minimum atomic E-state index is -0.561. The average Bonchev–Trinajstić information content (AvgIpc) is 2.76. The molecule has 29 heavy (non-hydrogen) atoms. The van der Waals surface area contributed by atoms with E-state index in [9.17, 15) is 9.59 Å². The number of carbonyl (C=O) groups is 2. The summed E-state index contributed by atoms with van der Waals surface area (Å²) in [4.78, 5) is 24.7. The predicted molar refractivity (Wildman–Crippen MR) is 119 cm³/mol. The van der Waals surface area contributed by atoms with Gasteiger partial charge in [-0.3, -0.25) is 0 Å². The van der Waals surface area contributed by atoms with E-state index in [0.29, 0.717) is 18.9 Å². The zero-order valence-electron chi connectivity index (χ0n) is 18.5. The number of hydrogen-bond donors (Lipinski definition) is 0.